The van der Waals surface area contributed by atoms with Crippen LogP contribution in [0.15, 0.2) is 76.5 Å². The quantitative estimate of drug-likeness (QED) is 0.334. The molecule has 29 heavy (non-hydrogen) atoms. The fraction of sp³-hybridized carbons (Fsp3) is 0.0455. The molecular weight excluding hydrogens is 449 g/mol. The van der Waals surface area contributed by atoms with E-state index < -0.39 is 5.97 Å². The maximum Gasteiger partial charge on any atom is 0.353 e. The normalized spacial score (nSPS) is 11.1. The van der Waals surface area contributed by atoms with Crippen LogP contribution in [0.5, 0.6) is 0 Å². The first-order chi connectivity index (χ1) is 13.9. The average molecular weight is 463 g/mol. The van der Waals surface area contributed by atoms with Gasteiger partial charge in [-0.3, -0.25) is 0 Å². The van der Waals surface area contributed by atoms with Crippen molar-refractivity contribution in [2.24, 2.45) is 0 Å². The largest absolute Gasteiger partial charge is 0.477 e. The van der Waals surface area contributed by atoms with Gasteiger partial charge in [-0.1, -0.05) is 58.7 Å². The molecule has 3 nitrogen and oxygen atoms in total. The van der Waals surface area contributed by atoms with Crippen LogP contribution < -0.4 is 0 Å². The zero-order chi connectivity index (χ0) is 20.5. The van der Waals surface area contributed by atoms with Crippen LogP contribution in [0.2, 0.25) is 15.1 Å². The van der Waals surface area contributed by atoms with E-state index in [-0.39, 0.29) is 5.69 Å². The Morgan fingerprint density at radius 1 is 0.862 bits per heavy atom. The van der Waals surface area contributed by atoms with Crippen molar-refractivity contribution in [1.82, 2.24) is 4.57 Å². The van der Waals surface area contributed by atoms with Gasteiger partial charge >= 0.3 is 5.97 Å². The smallest absolute Gasteiger partial charge is 0.353 e. The van der Waals surface area contributed by atoms with E-state index in [1.165, 1.54) is 11.8 Å². The molecule has 1 aromatic heterocycles. The average Bonchev–Trinajstić information content (AvgIpc) is 2.98. The van der Waals surface area contributed by atoms with Crippen LogP contribution in [-0.4, -0.2) is 15.6 Å². The fourth-order valence-electron chi connectivity index (χ4n) is 3.17. The summed E-state index contributed by atoms with van der Waals surface area (Å²) in [4.78, 5) is 13.8. The van der Waals surface area contributed by atoms with Crippen LogP contribution in [0.4, 0.5) is 0 Å². The molecule has 4 aromatic rings. The monoisotopic (exact) mass is 461 g/mol. The number of halogens is 3. The van der Waals surface area contributed by atoms with Gasteiger partial charge in [0.2, 0.25) is 0 Å². The van der Waals surface area contributed by atoms with Crippen molar-refractivity contribution >= 4 is 63.4 Å². The molecule has 1 heterocycles. The highest BCUT2D eigenvalue weighted by molar-refractivity contribution is 7.99. The Balaban J connectivity index is 1.90. The number of rotatable bonds is 5. The molecule has 0 atom stereocenters. The minimum absolute atomic E-state index is 0.220. The van der Waals surface area contributed by atoms with Crippen LogP contribution in [0.3, 0.4) is 0 Å². The van der Waals surface area contributed by atoms with Gasteiger partial charge in [-0.25, -0.2) is 4.79 Å². The van der Waals surface area contributed by atoms with Crippen LogP contribution in [0.25, 0.3) is 10.9 Å². The second-order valence-electron chi connectivity index (χ2n) is 6.41. The molecule has 0 saturated carbocycles. The summed E-state index contributed by atoms with van der Waals surface area (Å²) in [5.74, 6) is -0.997. The Bertz CT molecular complexity index is 1200. The minimum Gasteiger partial charge on any atom is -0.477 e. The van der Waals surface area contributed by atoms with Crippen molar-refractivity contribution in [3.8, 4) is 0 Å². The number of carbonyl (C=O) groups is 1. The summed E-state index contributed by atoms with van der Waals surface area (Å²) >= 11 is 19.6. The van der Waals surface area contributed by atoms with Crippen LogP contribution in [0.1, 0.15) is 16.1 Å². The van der Waals surface area contributed by atoms with Gasteiger partial charge in [-0.05, 0) is 60.2 Å². The maximum atomic E-state index is 12.3. The highest BCUT2D eigenvalue weighted by Crippen LogP contribution is 2.40. The number of benzene rings is 3. The van der Waals surface area contributed by atoms with E-state index in [9.17, 15) is 9.90 Å². The molecule has 4 rings (SSSR count). The zero-order valence-electron chi connectivity index (χ0n) is 14.9. The van der Waals surface area contributed by atoms with Crippen LogP contribution in [0, 0.1) is 0 Å². The number of nitrogens with zero attached hydrogens (tertiary/aromatic N) is 1. The van der Waals surface area contributed by atoms with E-state index in [4.69, 9.17) is 34.8 Å². The standard InChI is InChI=1S/C22H14Cl3NO2S/c23-14-3-1-13(2-4-14)12-26-19-10-7-16(25)11-18(19)21(20(26)22(27)28)29-17-8-5-15(24)6-9-17/h1-11H,12H2,(H,27,28). The topological polar surface area (TPSA) is 42.2 Å². The molecule has 146 valence electrons. The predicted octanol–water partition coefficient (Wildman–Crippen LogP) is 7.50. The second kappa shape index (κ2) is 8.33. The van der Waals surface area contributed by atoms with Crippen molar-refractivity contribution in [2.45, 2.75) is 16.3 Å². The third kappa shape index (κ3) is 4.26. The first-order valence-electron chi connectivity index (χ1n) is 8.65. The molecule has 0 spiro atoms. The third-order valence-corrected chi connectivity index (χ3v) is 6.33. The molecule has 0 fully saturated rings. The van der Waals surface area contributed by atoms with E-state index in [1.54, 1.807) is 41.0 Å². The van der Waals surface area contributed by atoms with Crippen molar-refractivity contribution in [3.05, 3.63) is 93.1 Å². The van der Waals surface area contributed by atoms with Gasteiger partial charge in [0.25, 0.3) is 0 Å². The third-order valence-electron chi connectivity index (χ3n) is 4.47. The van der Waals surface area contributed by atoms with Gasteiger partial charge < -0.3 is 9.67 Å². The summed E-state index contributed by atoms with van der Waals surface area (Å²) in [6.45, 7) is 0.401. The lowest BCUT2D eigenvalue weighted by Gasteiger charge is -2.10. The summed E-state index contributed by atoms with van der Waals surface area (Å²) < 4.78 is 1.80. The van der Waals surface area contributed by atoms with E-state index in [2.05, 4.69) is 0 Å². The molecule has 3 aromatic carbocycles. The predicted molar refractivity (Wildman–Crippen MR) is 120 cm³/mol. The summed E-state index contributed by atoms with van der Waals surface area (Å²) in [5.41, 5.74) is 1.97. The number of hydrogen-bond donors (Lipinski definition) is 1. The Kier molecular flexibility index (Phi) is 5.79. The van der Waals surface area contributed by atoms with Gasteiger partial charge in [-0.2, -0.15) is 0 Å². The molecular formula is C22H14Cl3NO2S. The Morgan fingerprint density at radius 2 is 1.45 bits per heavy atom. The fourth-order valence-corrected chi connectivity index (χ4v) is 4.67. The molecule has 0 aliphatic carbocycles. The Hall–Kier alpha value is -2.11. The van der Waals surface area contributed by atoms with Crippen molar-refractivity contribution < 1.29 is 9.90 Å². The number of carboxylic acids is 1. The highest BCUT2D eigenvalue weighted by atomic mass is 35.5. The first kappa shape index (κ1) is 20.2. The number of aromatic carboxylic acids is 1. The molecule has 0 radical (unpaired) electrons. The highest BCUT2D eigenvalue weighted by Gasteiger charge is 2.23. The van der Waals surface area contributed by atoms with Gasteiger partial charge in [-0.15, -0.1) is 0 Å². The molecule has 0 aliphatic rings. The van der Waals surface area contributed by atoms with Crippen LogP contribution in [-0.2, 0) is 6.54 Å². The van der Waals surface area contributed by atoms with E-state index in [0.29, 0.717) is 26.5 Å². The first-order valence-corrected chi connectivity index (χ1v) is 10.6. The minimum atomic E-state index is -0.997. The SMILES string of the molecule is O=C(O)c1c(Sc2ccc(Cl)cc2)c2cc(Cl)ccc2n1Cc1ccc(Cl)cc1. The molecule has 0 aliphatic heterocycles. The second-order valence-corrected chi connectivity index (χ2v) is 8.81. The summed E-state index contributed by atoms with van der Waals surface area (Å²) in [6.07, 6.45) is 0. The molecule has 0 bridgehead atoms. The van der Waals surface area contributed by atoms with Gasteiger partial charge in [0.05, 0.1) is 10.4 Å². The molecule has 7 heteroatoms. The zero-order valence-corrected chi connectivity index (χ0v) is 18.0. The van der Waals surface area contributed by atoms with Gasteiger partial charge in [0.1, 0.15) is 5.69 Å². The van der Waals surface area contributed by atoms with Crippen LogP contribution >= 0.6 is 46.6 Å². The number of fused-ring (bicyclic) bond motifs is 1. The molecule has 0 saturated heterocycles. The summed E-state index contributed by atoms with van der Waals surface area (Å²) in [5, 5.41) is 12.7. The number of aromatic nitrogens is 1. The summed E-state index contributed by atoms with van der Waals surface area (Å²) in [6, 6.07) is 20.1. The maximum absolute atomic E-state index is 12.3. The van der Waals surface area contributed by atoms with E-state index >= 15 is 0 Å². The van der Waals surface area contributed by atoms with Gasteiger partial charge in [0, 0.05) is 31.9 Å². The van der Waals surface area contributed by atoms with E-state index in [0.717, 1.165) is 21.4 Å². The summed E-state index contributed by atoms with van der Waals surface area (Å²) in [7, 11) is 0. The molecule has 0 amide bonds. The van der Waals surface area contributed by atoms with Gasteiger partial charge in [0.15, 0.2) is 0 Å². The van der Waals surface area contributed by atoms with Crippen molar-refractivity contribution in [2.75, 3.05) is 0 Å². The van der Waals surface area contributed by atoms with Crippen molar-refractivity contribution in [3.63, 3.8) is 0 Å². The lowest BCUT2D eigenvalue weighted by Crippen LogP contribution is -2.10. The Morgan fingerprint density at radius 3 is 2.07 bits per heavy atom. The number of hydrogen-bond acceptors (Lipinski definition) is 2. The number of carboxylic acid groups (broad SMARTS) is 1. The lowest BCUT2D eigenvalue weighted by atomic mass is 10.2. The van der Waals surface area contributed by atoms with E-state index in [1.807, 2.05) is 30.3 Å². The Labute approximate surface area is 186 Å². The molecule has 1 N–H and O–H groups in total. The van der Waals surface area contributed by atoms with Crippen molar-refractivity contribution in [1.29, 1.82) is 0 Å². The lowest BCUT2D eigenvalue weighted by molar-refractivity contribution is 0.0682. The molecule has 0 unspecified atom stereocenters.